The summed E-state index contributed by atoms with van der Waals surface area (Å²) in [5.74, 6) is -0.0553. The van der Waals surface area contributed by atoms with E-state index in [1.165, 1.54) is 0 Å². The summed E-state index contributed by atoms with van der Waals surface area (Å²) in [5, 5.41) is 5.73. The third-order valence-electron chi connectivity index (χ3n) is 3.61. The highest BCUT2D eigenvalue weighted by Gasteiger charge is 2.20. The van der Waals surface area contributed by atoms with Gasteiger partial charge < -0.3 is 15.2 Å². The SMILES string of the molecule is O=C1CCC(NC(=O)c2cccc(-n3cccc3)c2)CN1. The molecule has 0 radical (unpaired) electrons. The lowest BCUT2D eigenvalue weighted by molar-refractivity contribution is -0.122. The maximum Gasteiger partial charge on any atom is 0.251 e. The summed E-state index contributed by atoms with van der Waals surface area (Å²) in [6, 6.07) is 11.4. The molecule has 21 heavy (non-hydrogen) atoms. The molecule has 0 saturated carbocycles. The van der Waals surface area contributed by atoms with Crippen molar-refractivity contribution in [3.8, 4) is 5.69 Å². The molecule has 2 amide bonds. The molecule has 2 heterocycles. The standard InChI is InChI=1S/C16H17N3O2/c20-15-7-6-13(11-17-15)18-16(21)12-4-3-5-14(10-12)19-8-1-2-9-19/h1-5,8-10,13H,6-7,11H2,(H,17,20)(H,18,21). The number of rotatable bonds is 3. The van der Waals surface area contributed by atoms with Crippen LogP contribution in [0.2, 0.25) is 0 Å². The molecule has 0 aliphatic carbocycles. The fourth-order valence-electron chi connectivity index (χ4n) is 2.44. The lowest BCUT2D eigenvalue weighted by Gasteiger charge is -2.23. The molecule has 108 valence electrons. The van der Waals surface area contributed by atoms with Gasteiger partial charge in [0.1, 0.15) is 0 Å². The van der Waals surface area contributed by atoms with Gasteiger partial charge in [0.25, 0.3) is 5.91 Å². The molecule has 0 spiro atoms. The summed E-state index contributed by atoms with van der Waals surface area (Å²) in [5.41, 5.74) is 1.57. The first-order valence-corrected chi connectivity index (χ1v) is 7.03. The van der Waals surface area contributed by atoms with Crippen LogP contribution in [0.25, 0.3) is 5.69 Å². The second-order valence-corrected chi connectivity index (χ2v) is 5.15. The first kappa shape index (κ1) is 13.4. The number of aromatic nitrogens is 1. The maximum atomic E-state index is 12.3. The highest BCUT2D eigenvalue weighted by Crippen LogP contribution is 2.12. The van der Waals surface area contributed by atoms with E-state index in [9.17, 15) is 9.59 Å². The number of carbonyl (C=O) groups is 2. The first-order chi connectivity index (χ1) is 10.2. The number of benzene rings is 1. The van der Waals surface area contributed by atoms with E-state index in [1.807, 2.05) is 47.3 Å². The Hall–Kier alpha value is -2.56. The van der Waals surface area contributed by atoms with Gasteiger partial charge in [-0.2, -0.15) is 0 Å². The molecule has 1 aromatic carbocycles. The van der Waals surface area contributed by atoms with Crippen molar-refractivity contribution in [2.24, 2.45) is 0 Å². The minimum Gasteiger partial charge on any atom is -0.354 e. The monoisotopic (exact) mass is 283 g/mol. The van der Waals surface area contributed by atoms with E-state index in [4.69, 9.17) is 0 Å². The molecule has 1 fully saturated rings. The van der Waals surface area contributed by atoms with Crippen LogP contribution >= 0.6 is 0 Å². The largest absolute Gasteiger partial charge is 0.354 e. The van der Waals surface area contributed by atoms with E-state index in [1.54, 1.807) is 6.07 Å². The van der Waals surface area contributed by atoms with Crippen LogP contribution in [0.1, 0.15) is 23.2 Å². The van der Waals surface area contributed by atoms with Crippen molar-refractivity contribution >= 4 is 11.8 Å². The summed E-state index contributed by atoms with van der Waals surface area (Å²) in [4.78, 5) is 23.4. The fourth-order valence-corrected chi connectivity index (χ4v) is 2.44. The normalized spacial score (nSPS) is 18.1. The summed E-state index contributed by atoms with van der Waals surface area (Å²) < 4.78 is 1.96. The van der Waals surface area contributed by atoms with Crippen LogP contribution in [-0.2, 0) is 4.79 Å². The molecule has 0 bridgehead atoms. The molecule has 1 unspecified atom stereocenters. The lowest BCUT2D eigenvalue weighted by Crippen LogP contribution is -2.47. The van der Waals surface area contributed by atoms with Crippen LogP contribution in [0.4, 0.5) is 0 Å². The quantitative estimate of drug-likeness (QED) is 0.896. The van der Waals surface area contributed by atoms with Crippen LogP contribution in [-0.4, -0.2) is 29.0 Å². The molecule has 5 heteroatoms. The van der Waals surface area contributed by atoms with E-state index < -0.39 is 0 Å². The van der Waals surface area contributed by atoms with Crippen molar-refractivity contribution in [3.05, 3.63) is 54.4 Å². The van der Waals surface area contributed by atoms with Gasteiger partial charge in [-0.15, -0.1) is 0 Å². The second-order valence-electron chi connectivity index (χ2n) is 5.15. The number of piperidine rings is 1. The summed E-state index contributed by atoms with van der Waals surface area (Å²) in [6.07, 6.45) is 5.03. The number of nitrogens with zero attached hydrogens (tertiary/aromatic N) is 1. The third-order valence-corrected chi connectivity index (χ3v) is 3.61. The van der Waals surface area contributed by atoms with Crippen molar-refractivity contribution in [3.63, 3.8) is 0 Å². The Kier molecular flexibility index (Phi) is 3.73. The van der Waals surface area contributed by atoms with E-state index in [0.717, 1.165) is 5.69 Å². The second kappa shape index (κ2) is 5.83. The molecule has 2 aromatic rings. The molecule has 2 N–H and O–H groups in total. The Morgan fingerprint density at radius 3 is 2.76 bits per heavy atom. The predicted molar refractivity (Wildman–Crippen MR) is 79.3 cm³/mol. The number of carbonyl (C=O) groups excluding carboxylic acids is 2. The number of amides is 2. The molecular formula is C16H17N3O2. The summed E-state index contributed by atoms with van der Waals surface area (Å²) in [6.45, 7) is 0.502. The summed E-state index contributed by atoms with van der Waals surface area (Å²) in [7, 11) is 0. The van der Waals surface area contributed by atoms with Crippen LogP contribution in [0, 0.1) is 0 Å². The maximum absolute atomic E-state index is 12.3. The molecule has 1 saturated heterocycles. The first-order valence-electron chi connectivity index (χ1n) is 7.03. The Labute approximate surface area is 123 Å². The van der Waals surface area contributed by atoms with Gasteiger partial charge in [0.15, 0.2) is 0 Å². The van der Waals surface area contributed by atoms with E-state index >= 15 is 0 Å². The number of nitrogens with one attached hydrogen (secondary N) is 2. The molecular weight excluding hydrogens is 266 g/mol. The number of hydrogen-bond acceptors (Lipinski definition) is 2. The van der Waals surface area contributed by atoms with Crippen LogP contribution in [0.5, 0.6) is 0 Å². The average molecular weight is 283 g/mol. The van der Waals surface area contributed by atoms with Gasteiger partial charge in [0.05, 0.1) is 0 Å². The van der Waals surface area contributed by atoms with Gasteiger partial charge in [-0.3, -0.25) is 9.59 Å². The highest BCUT2D eigenvalue weighted by molar-refractivity contribution is 5.95. The topological polar surface area (TPSA) is 63.1 Å². The predicted octanol–water partition coefficient (Wildman–Crippen LogP) is 1.49. The van der Waals surface area contributed by atoms with Gasteiger partial charge in [0.2, 0.25) is 5.91 Å². The average Bonchev–Trinajstić information content (AvgIpc) is 3.04. The molecule has 1 aliphatic rings. The molecule has 1 aromatic heterocycles. The van der Waals surface area contributed by atoms with Gasteiger partial charge in [-0.1, -0.05) is 6.07 Å². The van der Waals surface area contributed by atoms with E-state index in [0.29, 0.717) is 24.9 Å². The lowest BCUT2D eigenvalue weighted by atomic mass is 10.1. The third kappa shape index (κ3) is 3.13. The highest BCUT2D eigenvalue weighted by atomic mass is 16.2. The van der Waals surface area contributed by atoms with Gasteiger partial charge in [0, 0.05) is 42.7 Å². The van der Waals surface area contributed by atoms with E-state index in [2.05, 4.69) is 10.6 Å². The summed E-state index contributed by atoms with van der Waals surface area (Å²) >= 11 is 0. The molecule has 1 atom stereocenters. The Morgan fingerprint density at radius 1 is 1.24 bits per heavy atom. The van der Waals surface area contributed by atoms with Gasteiger partial charge >= 0.3 is 0 Å². The van der Waals surface area contributed by atoms with Gasteiger partial charge in [-0.05, 0) is 36.8 Å². The van der Waals surface area contributed by atoms with Crippen LogP contribution in [0.15, 0.2) is 48.8 Å². The van der Waals surface area contributed by atoms with Gasteiger partial charge in [-0.25, -0.2) is 0 Å². The smallest absolute Gasteiger partial charge is 0.251 e. The zero-order valence-electron chi connectivity index (χ0n) is 11.6. The van der Waals surface area contributed by atoms with Crippen LogP contribution in [0.3, 0.4) is 0 Å². The Balaban J connectivity index is 1.70. The van der Waals surface area contributed by atoms with E-state index in [-0.39, 0.29) is 17.9 Å². The Morgan fingerprint density at radius 2 is 2.05 bits per heavy atom. The van der Waals surface area contributed by atoms with Crippen molar-refractivity contribution < 1.29 is 9.59 Å². The molecule has 1 aliphatic heterocycles. The number of hydrogen-bond donors (Lipinski definition) is 2. The minimum atomic E-state index is -0.106. The van der Waals surface area contributed by atoms with Crippen LogP contribution < -0.4 is 10.6 Å². The van der Waals surface area contributed by atoms with Crippen molar-refractivity contribution in [1.29, 1.82) is 0 Å². The molecule has 5 nitrogen and oxygen atoms in total. The minimum absolute atomic E-state index is 0.00503. The zero-order valence-corrected chi connectivity index (χ0v) is 11.6. The Bertz CT molecular complexity index is 639. The van der Waals surface area contributed by atoms with Crippen molar-refractivity contribution in [2.45, 2.75) is 18.9 Å². The fraction of sp³-hybridized carbons (Fsp3) is 0.250. The molecule has 3 rings (SSSR count). The van der Waals surface area contributed by atoms with Crippen molar-refractivity contribution in [1.82, 2.24) is 15.2 Å². The zero-order chi connectivity index (χ0) is 14.7. The van der Waals surface area contributed by atoms with Crippen molar-refractivity contribution in [2.75, 3.05) is 6.54 Å².